The van der Waals surface area contributed by atoms with Crippen molar-refractivity contribution in [1.29, 1.82) is 0 Å². The van der Waals surface area contributed by atoms with Gasteiger partial charge in [-0.3, -0.25) is 4.79 Å². The minimum absolute atomic E-state index is 0.277. The van der Waals surface area contributed by atoms with Crippen LogP contribution in [0.15, 0.2) is 54.0 Å². The van der Waals surface area contributed by atoms with E-state index in [4.69, 9.17) is 38.4 Å². The zero-order chi connectivity index (χ0) is 22.1. The van der Waals surface area contributed by atoms with E-state index in [2.05, 4.69) is 15.4 Å². The number of nitrogens with zero attached hydrogens (tertiary/aromatic N) is 3. The number of methoxy groups -OCH3 is 1. The zero-order valence-electron chi connectivity index (χ0n) is 16.7. The Morgan fingerprint density at radius 3 is 2.71 bits per heavy atom. The second-order valence-electron chi connectivity index (χ2n) is 6.91. The largest absolute Gasteiger partial charge is 0.493 e. The van der Waals surface area contributed by atoms with E-state index in [0.29, 0.717) is 38.8 Å². The number of carbonyl (C=O) groups excluding carboxylic acids is 1. The smallest absolute Gasteiger partial charge is 0.248 e. The van der Waals surface area contributed by atoms with Gasteiger partial charge in [0.2, 0.25) is 11.9 Å². The van der Waals surface area contributed by atoms with E-state index >= 15 is 0 Å². The number of hydrogen-bond donors (Lipinski definition) is 2. The maximum Gasteiger partial charge on any atom is 0.248 e. The first kappa shape index (κ1) is 21.0. The van der Waals surface area contributed by atoms with Crippen LogP contribution in [0.25, 0.3) is 0 Å². The van der Waals surface area contributed by atoms with Crippen molar-refractivity contribution in [2.45, 2.75) is 19.6 Å². The molecular formula is C21H19Cl2N5O3. The molecule has 0 aliphatic carbocycles. The molecule has 0 bridgehead atoms. The van der Waals surface area contributed by atoms with Crippen molar-refractivity contribution in [3.63, 3.8) is 0 Å². The molecule has 0 saturated carbocycles. The van der Waals surface area contributed by atoms with Crippen molar-refractivity contribution in [3.8, 4) is 11.5 Å². The number of anilines is 1. The Kier molecular flexibility index (Phi) is 5.75. The Morgan fingerprint density at radius 1 is 1.19 bits per heavy atom. The fourth-order valence-corrected chi connectivity index (χ4v) is 3.80. The van der Waals surface area contributed by atoms with E-state index in [1.165, 1.54) is 6.33 Å². The standard InChI is InChI=1S/C21H19Cl2N5O3/c1-11-18(20(24)29)19(28-21(27-11)25-10-26-28)13-4-6-16(17(8-13)30-2)31-9-12-3-5-14(22)15(23)7-12/h3-8,10,19H,9H2,1-2H3,(H2,24,29)(H,25,26,27). The molecule has 31 heavy (non-hydrogen) atoms. The number of fused-ring (bicyclic) bond motifs is 1. The van der Waals surface area contributed by atoms with Gasteiger partial charge in [-0.15, -0.1) is 0 Å². The Hall–Kier alpha value is -3.23. The Labute approximate surface area is 188 Å². The fraction of sp³-hybridized carbons (Fsp3) is 0.190. The summed E-state index contributed by atoms with van der Waals surface area (Å²) >= 11 is 12.0. The van der Waals surface area contributed by atoms with E-state index in [1.54, 1.807) is 43.0 Å². The summed E-state index contributed by atoms with van der Waals surface area (Å²) in [5, 5.41) is 8.25. The van der Waals surface area contributed by atoms with E-state index < -0.39 is 11.9 Å². The number of ether oxygens (including phenoxy) is 2. The van der Waals surface area contributed by atoms with Gasteiger partial charge in [-0.2, -0.15) is 10.1 Å². The number of allylic oxidation sites excluding steroid dienone is 1. The van der Waals surface area contributed by atoms with Gasteiger partial charge in [-0.25, -0.2) is 4.68 Å². The molecule has 1 unspecified atom stereocenters. The van der Waals surface area contributed by atoms with Crippen molar-refractivity contribution >= 4 is 35.1 Å². The maximum atomic E-state index is 12.2. The molecule has 3 N–H and O–H groups in total. The molecule has 1 aliphatic heterocycles. The number of aromatic nitrogens is 3. The molecule has 2 heterocycles. The molecule has 1 aromatic heterocycles. The zero-order valence-corrected chi connectivity index (χ0v) is 18.2. The predicted molar refractivity (Wildman–Crippen MR) is 117 cm³/mol. The van der Waals surface area contributed by atoms with Gasteiger partial charge in [0.05, 0.1) is 22.7 Å². The number of nitrogens with two attached hydrogens (primary N) is 1. The second-order valence-corrected chi connectivity index (χ2v) is 7.72. The van der Waals surface area contributed by atoms with Gasteiger partial charge in [0.25, 0.3) is 0 Å². The van der Waals surface area contributed by atoms with Gasteiger partial charge in [0, 0.05) is 5.70 Å². The highest BCUT2D eigenvalue weighted by Crippen LogP contribution is 2.38. The van der Waals surface area contributed by atoms with Gasteiger partial charge in [0.15, 0.2) is 11.5 Å². The molecule has 0 fully saturated rings. The number of nitrogens with one attached hydrogen (secondary N) is 1. The Morgan fingerprint density at radius 2 is 2.00 bits per heavy atom. The second kappa shape index (κ2) is 8.49. The molecular weight excluding hydrogens is 441 g/mol. The monoisotopic (exact) mass is 459 g/mol. The molecule has 3 aromatic rings. The molecule has 1 aliphatic rings. The van der Waals surface area contributed by atoms with Crippen LogP contribution in [0, 0.1) is 0 Å². The lowest BCUT2D eigenvalue weighted by Crippen LogP contribution is -2.31. The average molecular weight is 460 g/mol. The van der Waals surface area contributed by atoms with Crippen molar-refractivity contribution in [2.24, 2.45) is 5.73 Å². The summed E-state index contributed by atoms with van der Waals surface area (Å²) in [6.45, 7) is 2.05. The Balaban J connectivity index is 1.66. The fourth-order valence-electron chi connectivity index (χ4n) is 3.48. The SMILES string of the molecule is COc1cc(C2C(C(N)=O)=C(C)Nc3ncnn32)ccc1OCc1ccc(Cl)c(Cl)c1. The third-order valence-electron chi connectivity index (χ3n) is 4.94. The lowest BCUT2D eigenvalue weighted by molar-refractivity contribution is -0.115. The first-order valence-electron chi connectivity index (χ1n) is 9.30. The molecule has 2 aromatic carbocycles. The highest BCUT2D eigenvalue weighted by Gasteiger charge is 2.32. The molecule has 1 atom stereocenters. The highest BCUT2D eigenvalue weighted by atomic mass is 35.5. The number of carbonyl (C=O) groups is 1. The van der Waals surface area contributed by atoms with Crippen molar-refractivity contribution in [3.05, 3.63) is 75.2 Å². The number of rotatable bonds is 6. The topological polar surface area (TPSA) is 104 Å². The van der Waals surface area contributed by atoms with Gasteiger partial charge >= 0.3 is 0 Å². The molecule has 8 nitrogen and oxygen atoms in total. The van der Waals surface area contributed by atoms with Gasteiger partial charge in [-0.05, 0) is 42.3 Å². The summed E-state index contributed by atoms with van der Waals surface area (Å²) in [5.74, 6) is 1.01. The molecule has 10 heteroatoms. The summed E-state index contributed by atoms with van der Waals surface area (Å²) in [4.78, 5) is 16.4. The van der Waals surface area contributed by atoms with E-state index in [0.717, 1.165) is 11.1 Å². The van der Waals surface area contributed by atoms with E-state index in [9.17, 15) is 4.79 Å². The quantitative estimate of drug-likeness (QED) is 0.578. The molecule has 4 rings (SSSR count). The number of amides is 1. The predicted octanol–water partition coefficient (Wildman–Crippen LogP) is 3.95. The maximum absolute atomic E-state index is 12.2. The summed E-state index contributed by atoms with van der Waals surface area (Å²) in [5.41, 5.74) is 8.30. The third-order valence-corrected chi connectivity index (χ3v) is 5.68. The molecule has 0 saturated heterocycles. The minimum Gasteiger partial charge on any atom is -0.493 e. The van der Waals surface area contributed by atoms with Crippen LogP contribution in [0.1, 0.15) is 24.1 Å². The molecule has 0 radical (unpaired) electrons. The third kappa shape index (κ3) is 4.04. The van der Waals surface area contributed by atoms with Crippen LogP contribution in [0.2, 0.25) is 10.0 Å². The summed E-state index contributed by atoms with van der Waals surface area (Å²) in [6.07, 6.45) is 1.42. The van der Waals surface area contributed by atoms with Crippen LogP contribution in [0.4, 0.5) is 5.95 Å². The average Bonchev–Trinajstić information content (AvgIpc) is 3.21. The van der Waals surface area contributed by atoms with Crippen LogP contribution in [-0.4, -0.2) is 27.8 Å². The highest BCUT2D eigenvalue weighted by molar-refractivity contribution is 6.42. The molecule has 1 amide bonds. The Bertz CT molecular complexity index is 1190. The lowest BCUT2D eigenvalue weighted by Gasteiger charge is -2.28. The van der Waals surface area contributed by atoms with Gasteiger partial charge in [0.1, 0.15) is 19.0 Å². The number of halogens is 2. The number of hydrogen-bond acceptors (Lipinski definition) is 6. The first-order chi connectivity index (χ1) is 14.9. The van der Waals surface area contributed by atoms with Crippen LogP contribution >= 0.6 is 23.2 Å². The van der Waals surface area contributed by atoms with Crippen molar-refractivity contribution in [2.75, 3.05) is 12.4 Å². The summed E-state index contributed by atoms with van der Waals surface area (Å²) in [6, 6.07) is 10.2. The van der Waals surface area contributed by atoms with Crippen molar-refractivity contribution in [1.82, 2.24) is 14.8 Å². The van der Waals surface area contributed by atoms with Gasteiger partial charge < -0.3 is 20.5 Å². The summed E-state index contributed by atoms with van der Waals surface area (Å²) < 4.78 is 13.1. The normalized spacial score (nSPS) is 15.3. The number of benzene rings is 2. The van der Waals surface area contributed by atoms with Crippen LogP contribution in [-0.2, 0) is 11.4 Å². The first-order valence-corrected chi connectivity index (χ1v) is 10.1. The van der Waals surface area contributed by atoms with E-state index in [1.807, 2.05) is 12.1 Å². The van der Waals surface area contributed by atoms with E-state index in [-0.39, 0.29) is 6.61 Å². The molecule has 160 valence electrons. The summed E-state index contributed by atoms with van der Waals surface area (Å²) in [7, 11) is 1.55. The van der Waals surface area contributed by atoms with Gasteiger partial charge in [-0.1, -0.05) is 35.3 Å². The van der Waals surface area contributed by atoms with Crippen LogP contribution < -0.4 is 20.5 Å². The van der Waals surface area contributed by atoms with Crippen LogP contribution in [0.5, 0.6) is 11.5 Å². The van der Waals surface area contributed by atoms with Crippen molar-refractivity contribution < 1.29 is 14.3 Å². The van der Waals surface area contributed by atoms with Crippen LogP contribution in [0.3, 0.4) is 0 Å². The minimum atomic E-state index is -0.547. The molecule has 0 spiro atoms. The lowest BCUT2D eigenvalue weighted by atomic mass is 9.95. The number of primary amides is 1.